The Balaban J connectivity index is 1.99. The second-order valence-corrected chi connectivity index (χ2v) is 7.06. The Bertz CT molecular complexity index is 642. The van der Waals surface area contributed by atoms with Gasteiger partial charge in [-0.05, 0) is 38.7 Å². The quantitative estimate of drug-likeness (QED) is 0.587. The number of aryl methyl sites for hydroxylation is 1. The van der Waals surface area contributed by atoms with Crippen LogP contribution in [0.4, 0.5) is 5.69 Å². The Hall–Kier alpha value is -2.24. The van der Waals surface area contributed by atoms with Crippen molar-refractivity contribution in [1.82, 2.24) is 5.43 Å². The predicted octanol–water partition coefficient (Wildman–Crippen LogP) is 5.29. The molecule has 1 fully saturated rings. The lowest BCUT2D eigenvalue weighted by Crippen LogP contribution is -2.20. The number of carbonyl (C=O) groups is 1. The molecule has 0 radical (unpaired) electrons. The number of carbonyl (C=O) groups excluding carboxylic acids is 1. The van der Waals surface area contributed by atoms with Crippen molar-refractivity contribution >= 4 is 17.3 Å². The first-order valence-electron chi connectivity index (χ1n) is 9.69. The fourth-order valence-electron chi connectivity index (χ4n) is 3.27. The predicted molar refractivity (Wildman–Crippen MR) is 104 cm³/mol. The molecule has 142 valence electrons. The van der Waals surface area contributed by atoms with Crippen LogP contribution in [0.15, 0.2) is 23.3 Å². The van der Waals surface area contributed by atoms with Crippen LogP contribution in [0.25, 0.3) is 0 Å². The van der Waals surface area contributed by atoms with Crippen molar-refractivity contribution < 1.29 is 9.72 Å². The number of rotatable bonds is 3. The molecule has 0 aromatic heterocycles. The van der Waals surface area contributed by atoms with Crippen LogP contribution in [0.3, 0.4) is 0 Å². The molecule has 26 heavy (non-hydrogen) atoms. The molecule has 0 bridgehead atoms. The molecular weight excluding hydrogens is 330 g/mol. The number of hydrogen-bond acceptors (Lipinski definition) is 4. The number of hydrazone groups is 1. The Kier molecular flexibility index (Phi) is 8.25. The topological polar surface area (TPSA) is 84.6 Å². The zero-order chi connectivity index (χ0) is 18.8. The fraction of sp³-hybridized carbons (Fsp3) is 0.600. The van der Waals surface area contributed by atoms with Crippen LogP contribution in [0.5, 0.6) is 0 Å². The molecule has 6 heteroatoms. The average Bonchev–Trinajstić information content (AvgIpc) is 2.61. The third-order valence-electron chi connectivity index (χ3n) is 4.91. The van der Waals surface area contributed by atoms with Gasteiger partial charge >= 0.3 is 0 Å². The highest BCUT2D eigenvalue weighted by Gasteiger charge is 2.15. The molecule has 1 aromatic rings. The van der Waals surface area contributed by atoms with Crippen LogP contribution in [0, 0.1) is 17.0 Å². The van der Waals surface area contributed by atoms with Crippen LogP contribution in [-0.2, 0) is 0 Å². The number of nitrogens with one attached hydrogen (secondary N) is 1. The SMILES string of the molecule is Cc1ccc(C(=O)NN=C2CCCCCCCCCCC2)cc1[N+](=O)[O-]. The molecule has 0 saturated heterocycles. The van der Waals surface area contributed by atoms with E-state index in [1.807, 2.05) is 0 Å². The highest BCUT2D eigenvalue weighted by atomic mass is 16.6. The van der Waals surface area contributed by atoms with Gasteiger partial charge in [0.25, 0.3) is 11.6 Å². The first-order chi connectivity index (χ1) is 12.6. The molecule has 1 N–H and O–H groups in total. The number of nitro benzene ring substituents is 1. The van der Waals surface area contributed by atoms with Gasteiger partial charge in [-0.2, -0.15) is 5.10 Å². The summed E-state index contributed by atoms with van der Waals surface area (Å²) in [4.78, 5) is 22.9. The molecule has 0 atom stereocenters. The van der Waals surface area contributed by atoms with Crippen molar-refractivity contribution in [2.24, 2.45) is 5.10 Å². The number of benzene rings is 1. The van der Waals surface area contributed by atoms with Crippen molar-refractivity contribution in [2.75, 3.05) is 0 Å². The maximum atomic E-state index is 12.3. The Morgan fingerprint density at radius 3 is 2.08 bits per heavy atom. The number of nitrogens with zero attached hydrogens (tertiary/aromatic N) is 2. The molecule has 1 amide bonds. The van der Waals surface area contributed by atoms with E-state index in [-0.39, 0.29) is 11.3 Å². The Labute approximate surface area is 155 Å². The Morgan fingerprint density at radius 1 is 1.00 bits per heavy atom. The minimum absolute atomic E-state index is 0.0451. The third kappa shape index (κ3) is 6.58. The summed E-state index contributed by atoms with van der Waals surface area (Å²) in [5.74, 6) is -0.397. The van der Waals surface area contributed by atoms with Gasteiger partial charge < -0.3 is 0 Å². The summed E-state index contributed by atoms with van der Waals surface area (Å²) < 4.78 is 0. The van der Waals surface area contributed by atoms with E-state index in [1.54, 1.807) is 19.1 Å². The molecule has 6 nitrogen and oxygen atoms in total. The molecule has 0 aliphatic heterocycles. The van der Waals surface area contributed by atoms with Crippen molar-refractivity contribution in [3.05, 3.63) is 39.4 Å². The van der Waals surface area contributed by atoms with Crippen LogP contribution in [0.1, 0.15) is 86.6 Å². The zero-order valence-electron chi connectivity index (χ0n) is 15.6. The van der Waals surface area contributed by atoms with E-state index in [0.717, 1.165) is 31.4 Å². The first-order valence-corrected chi connectivity index (χ1v) is 9.69. The highest BCUT2D eigenvalue weighted by molar-refractivity contribution is 5.96. The van der Waals surface area contributed by atoms with E-state index in [2.05, 4.69) is 10.5 Å². The number of amides is 1. The number of hydrogen-bond donors (Lipinski definition) is 1. The van der Waals surface area contributed by atoms with E-state index in [4.69, 9.17) is 0 Å². The smallest absolute Gasteiger partial charge is 0.267 e. The summed E-state index contributed by atoms with van der Waals surface area (Å²) in [5, 5.41) is 15.4. The lowest BCUT2D eigenvalue weighted by atomic mass is 10.00. The average molecular weight is 359 g/mol. The van der Waals surface area contributed by atoms with Gasteiger partial charge in [0.2, 0.25) is 0 Å². The summed E-state index contributed by atoms with van der Waals surface area (Å²) in [7, 11) is 0. The minimum atomic E-state index is -0.467. The van der Waals surface area contributed by atoms with Gasteiger partial charge in [0.15, 0.2) is 0 Å². The Morgan fingerprint density at radius 2 is 1.54 bits per heavy atom. The largest absolute Gasteiger partial charge is 0.273 e. The summed E-state index contributed by atoms with van der Waals surface area (Å²) in [6.45, 7) is 1.66. The standard InChI is InChI=1S/C20H29N3O3/c1-16-13-14-17(15-19(16)23(25)26)20(24)22-21-18-11-9-7-5-3-2-4-6-8-10-12-18/h13-15H,2-12H2,1H3,(H,22,24). The van der Waals surface area contributed by atoms with E-state index in [0.29, 0.717) is 5.56 Å². The molecule has 2 rings (SSSR count). The van der Waals surface area contributed by atoms with Crippen molar-refractivity contribution in [2.45, 2.75) is 77.6 Å². The van der Waals surface area contributed by atoms with Crippen molar-refractivity contribution in [1.29, 1.82) is 0 Å². The van der Waals surface area contributed by atoms with Gasteiger partial charge in [0.05, 0.1) is 4.92 Å². The van der Waals surface area contributed by atoms with Gasteiger partial charge in [0, 0.05) is 22.9 Å². The van der Waals surface area contributed by atoms with E-state index in [1.165, 1.54) is 51.0 Å². The minimum Gasteiger partial charge on any atom is -0.267 e. The zero-order valence-corrected chi connectivity index (χ0v) is 15.6. The van der Waals surface area contributed by atoms with Gasteiger partial charge in [-0.3, -0.25) is 14.9 Å². The molecule has 0 unspecified atom stereocenters. The van der Waals surface area contributed by atoms with Gasteiger partial charge in [0.1, 0.15) is 0 Å². The molecule has 0 spiro atoms. The van der Waals surface area contributed by atoms with Crippen LogP contribution in [0.2, 0.25) is 0 Å². The lowest BCUT2D eigenvalue weighted by molar-refractivity contribution is -0.385. The van der Waals surface area contributed by atoms with E-state index >= 15 is 0 Å². The molecule has 1 saturated carbocycles. The first kappa shape index (κ1) is 20.1. The van der Waals surface area contributed by atoms with Crippen LogP contribution < -0.4 is 5.43 Å². The van der Waals surface area contributed by atoms with Crippen molar-refractivity contribution in [3.63, 3.8) is 0 Å². The maximum absolute atomic E-state index is 12.3. The van der Waals surface area contributed by atoms with E-state index in [9.17, 15) is 14.9 Å². The monoisotopic (exact) mass is 359 g/mol. The maximum Gasteiger partial charge on any atom is 0.273 e. The molecule has 1 aliphatic carbocycles. The van der Waals surface area contributed by atoms with Gasteiger partial charge in [-0.1, -0.05) is 51.0 Å². The fourth-order valence-corrected chi connectivity index (χ4v) is 3.27. The molecule has 1 aromatic carbocycles. The summed E-state index contributed by atoms with van der Waals surface area (Å²) in [5.41, 5.74) is 4.38. The van der Waals surface area contributed by atoms with Crippen molar-refractivity contribution in [3.8, 4) is 0 Å². The van der Waals surface area contributed by atoms with Gasteiger partial charge in [-0.25, -0.2) is 5.43 Å². The third-order valence-corrected chi connectivity index (χ3v) is 4.91. The summed E-state index contributed by atoms with van der Waals surface area (Å²) in [6, 6.07) is 4.50. The molecule has 0 heterocycles. The van der Waals surface area contributed by atoms with E-state index < -0.39 is 10.8 Å². The normalized spacial score (nSPS) is 16.9. The number of nitro groups is 1. The van der Waals surface area contributed by atoms with Crippen LogP contribution >= 0.6 is 0 Å². The molecule has 1 aliphatic rings. The van der Waals surface area contributed by atoms with Gasteiger partial charge in [-0.15, -0.1) is 0 Å². The second kappa shape index (κ2) is 10.7. The summed E-state index contributed by atoms with van der Waals surface area (Å²) in [6.07, 6.45) is 13.0. The highest BCUT2D eigenvalue weighted by Crippen LogP contribution is 2.19. The van der Waals surface area contributed by atoms with Crippen LogP contribution in [-0.4, -0.2) is 16.5 Å². The summed E-state index contributed by atoms with van der Waals surface area (Å²) >= 11 is 0. The molecular formula is C20H29N3O3. The second-order valence-electron chi connectivity index (χ2n) is 7.06. The lowest BCUT2D eigenvalue weighted by Gasteiger charge is -2.10.